The van der Waals surface area contributed by atoms with Crippen LogP contribution >= 0.6 is 11.3 Å². The fraction of sp³-hybridized carbons (Fsp3) is 0.467. The van der Waals surface area contributed by atoms with Crippen molar-refractivity contribution in [1.82, 2.24) is 9.88 Å². The van der Waals surface area contributed by atoms with Crippen molar-refractivity contribution in [3.63, 3.8) is 0 Å². The first-order valence-electron chi connectivity index (χ1n) is 6.98. The van der Waals surface area contributed by atoms with Crippen LogP contribution in [0, 0.1) is 0 Å². The molecule has 1 aliphatic rings. The summed E-state index contributed by atoms with van der Waals surface area (Å²) in [5.74, 6) is 1.15. The third-order valence-electron chi connectivity index (χ3n) is 3.76. The maximum Gasteiger partial charge on any atom is 0.169 e. The maximum atomic E-state index is 11.4. The highest BCUT2D eigenvalue weighted by molar-refractivity contribution is 7.20. The highest BCUT2D eigenvalue weighted by Gasteiger charge is 2.15. The molecule has 4 nitrogen and oxygen atoms in total. The van der Waals surface area contributed by atoms with Gasteiger partial charge in [0.25, 0.3) is 0 Å². The molecule has 2 aromatic heterocycles. The molecule has 3 heterocycles. The lowest BCUT2D eigenvalue weighted by Gasteiger charge is -2.21. The van der Waals surface area contributed by atoms with E-state index in [1.165, 1.54) is 17.8 Å². The Labute approximate surface area is 123 Å². The molecule has 1 aliphatic heterocycles. The van der Waals surface area contributed by atoms with Gasteiger partial charge in [-0.1, -0.05) is 0 Å². The van der Waals surface area contributed by atoms with Gasteiger partial charge in [0, 0.05) is 25.0 Å². The first-order chi connectivity index (χ1) is 9.63. The largest absolute Gasteiger partial charge is 0.355 e. The molecule has 20 heavy (non-hydrogen) atoms. The Morgan fingerprint density at radius 1 is 1.25 bits per heavy atom. The van der Waals surface area contributed by atoms with Crippen molar-refractivity contribution in [3.8, 4) is 0 Å². The summed E-state index contributed by atoms with van der Waals surface area (Å²) in [7, 11) is 2.17. The molecule has 1 fully saturated rings. The second kappa shape index (κ2) is 5.50. The van der Waals surface area contributed by atoms with Crippen LogP contribution in [0.3, 0.4) is 0 Å². The molecule has 0 spiro atoms. The number of hydrogen-bond donors (Lipinski definition) is 0. The van der Waals surface area contributed by atoms with E-state index in [9.17, 15) is 4.79 Å². The Morgan fingerprint density at radius 3 is 2.90 bits per heavy atom. The van der Waals surface area contributed by atoms with E-state index in [-0.39, 0.29) is 5.78 Å². The topological polar surface area (TPSA) is 36.4 Å². The molecular weight excluding hydrogens is 270 g/mol. The average Bonchev–Trinajstić information content (AvgIpc) is 2.74. The molecule has 0 saturated carbocycles. The van der Waals surface area contributed by atoms with Crippen molar-refractivity contribution in [3.05, 3.63) is 23.1 Å². The summed E-state index contributed by atoms with van der Waals surface area (Å²) in [5.41, 5.74) is 0. The van der Waals surface area contributed by atoms with Crippen molar-refractivity contribution in [2.75, 3.05) is 38.1 Å². The van der Waals surface area contributed by atoms with E-state index in [4.69, 9.17) is 4.98 Å². The minimum atomic E-state index is 0.117. The molecule has 0 N–H and O–H groups in total. The van der Waals surface area contributed by atoms with Crippen LogP contribution in [0.2, 0.25) is 0 Å². The molecule has 0 aliphatic carbocycles. The molecule has 0 unspecified atom stereocenters. The normalized spacial score (nSPS) is 17.4. The summed E-state index contributed by atoms with van der Waals surface area (Å²) in [6.45, 7) is 5.89. The molecule has 1 saturated heterocycles. The van der Waals surface area contributed by atoms with Gasteiger partial charge in [-0.25, -0.2) is 4.98 Å². The Balaban J connectivity index is 1.89. The number of pyridine rings is 1. The Hall–Kier alpha value is -1.46. The van der Waals surface area contributed by atoms with E-state index in [1.54, 1.807) is 6.92 Å². The molecule has 0 aromatic carbocycles. The Bertz CT molecular complexity index is 637. The first-order valence-corrected chi connectivity index (χ1v) is 7.80. The number of anilines is 1. The van der Waals surface area contributed by atoms with E-state index in [0.29, 0.717) is 0 Å². The van der Waals surface area contributed by atoms with Gasteiger partial charge in [-0.15, -0.1) is 11.3 Å². The van der Waals surface area contributed by atoms with Crippen LogP contribution in [0.1, 0.15) is 23.0 Å². The summed E-state index contributed by atoms with van der Waals surface area (Å²) in [4.78, 5) is 22.6. The number of rotatable bonds is 2. The van der Waals surface area contributed by atoms with Gasteiger partial charge in [-0.2, -0.15) is 0 Å². The van der Waals surface area contributed by atoms with Crippen LogP contribution in [-0.4, -0.2) is 48.9 Å². The third-order valence-corrected chi connectivity index (χ3v) is 4.90. The summed E-state index contributed by atoms with van der Waals surface area (Å²) in [6.07, 6.45) is 1.17. The number of thiophene rings is 1. The summed E-state index contributed by atoms with van der Waals surface area (Å²) >= 11 is 1.49. The zero-order valence-electron chi connectivity index (χ0n) is 11.9. The number of aromatic nitrogens is 1. The lowest BCUT2D eigenvalue weighted by Crippen LogP contribution is -2.29. The van der Waals surface area contributed by atoms with Crippen molar-refractivity contribution < 1.29 is 4.79 Å². The van der Waals surface area contributed by atoms with Gasteiger partial charge >= 0.3 is 0 Å². The van der Waals surface area contributed by atoms with E-state index in [1.807, 2.05) is 6.07 Å². The fourth-order valence-corrected chi connectivity index (χ4v) is 3.46. The third kappa shape index (κ3) is 2.69. The van der Waals surface area contributed by atoms with Crippen molar-refractivity contribution in [2.45, 2.75) is 13.3 Å². The van der Waals surface area contributed by atoms with Gasteiger partial charge in [0.05, 0.1) is 4.88 Å². The lowest BCUT2D eigenvalue weighted by atomic mass is 10.2. The van der Waals surface area contributed by atoms with Crippen LogP contribution in [-0.2, 0) is 0 Å². The predicted molar refractivity (Wildman–Crippen MR) is 84.0 cm³/mol. The second-order valence-electron chi connectivity index (χ2n) is 5.37. The van der Waals surface area contributed by atoms with Gasteiger partial charge < -0.3 is 9.80 Å². The monoisotopic (exact) mass is 289 g/mol. The SMILES string of the molecule is CC(=O)c1cc2ccc(N3CCCN(C)CC3)nc2s1. The van der Waals surface area contributed by atoms with Crippen LogP contribution in [0.15, 0.2) is 18.2 Å². The molecule has 5 heteroatoms. The molecule has 0 bridgehead atoms. The summed E-state index contributed by atoms with van der Waals surface area (Å²) < 4.78 is 0. The van der Waals surface area contributed by atoms with Crippen molar-refractivity contribution >= 4 is 33.2 Å². The number of likely N-dealkylation sites (N-methyl/N-ethyl adjacent to an activating group) is 1. The second-order valence-corrected chi connectivity index (χ2v) is 6.41. The van der Waals surface area contributed by atoms with Crippen LogP contribution in [0.4, 0.5) is 5.82 Å². The minimum absolute atomic E-state index is 0.117. The Morgan fingerprint density at radius 2 is 2.10 bits per heavy atom. The van der Waals surface area contributed by atoms with Crippen LogP contribution in [0.5, 0.6) is 0 Å². The van der Waals surface area contributed by atoms with Crippen LogP contribution in [0.25, 0.3) is 10.2 Å². The van der Waals surface area contributed by atoms with Gasteiger partial charge in [0.1, 0.15) is 10.6 Å². The van der Waals surface area contributed by atoms with Gasteiger partial charge in [0.2, 0.25) is 0 Å². The number of carbonyl (C=O) groups is 1. The number of carbonyl (C=O) groups excluding carboxylic acids is 1. The van der Waals surface area contributed by atoms with Gasteiger partial charge in [-0.3, -0.25) is 4.79 Å². The average molecular weight is 289 g/mol. The number of nitrogens with zero attached hydrogens (tertiary/aromatic N) is 3. The van der Waals surface area contributed by atoms with Gasteiger partial charge in [0.15, 0.2) is 5.78 Å². The zero-order chi connectivity index (χ0) is 14.1. The highest BCUT2D eigenvalue weighted by Crippen LogP contribution is 2.27. The van der Waals surface area contributed by atoms with Crippen molar-refractivity contribution in [1.29, 1.82) is 0 Å². The number of hydrogen-bond acceptors (Lipinski definition) is 5. The fourth-order valence-electron chi connectivity index (χ4n) is 2.53. The molecule has 2 aromatic rings. The quantitative estimate of drug-likeness (QED) is 0.796. The van der Waals surface area contributed by atoms with Gasteiger partial charge in [-0.05, 0) is 45.1 Å². The van der Waals surface area contributed by atoms with E-state index >= 15 is 0 Å². The lowest BCUT2D eigenvalue weighted by molar-refractivity contribution is 0.102. The predicted octanol–water partition coefficient (Wildman–Crippen LogP) is 2.64. The molecule has 3 rings (SSSR count). The van der Waals surface area contributed by atoms with E-state index in [2.05, 4.69) is 29.0 Å². The molecular formula is C15H19N3OS. The standard InChI is InChI=1S/C15H19N3OS/c1-11(19)13-10-12-4-5-14(16-15(12)20-13)18-7-3-6-17(2)8-9-18/h4-5,10H,3,6-9H2,1-2H3. The molecule has 106 valence electrons. The summed E-state index contributed by atoms with van der Waals surface area (Å²) in [5, 5.41) is 1.07. The van der Waals surface area contributed by atoms with E-state index in [0.717, 1.165) is 47.1 Å². The summed E-state index contributed by atoms with van der Waals surface area (Å²) in [6, 6.07) is 6.09. The number of fused-ring (bicyclic) bond motifs is 1. The van der Waals surface area contributed by atoms with Crippen LogP contribution < -0.4 is 4.90 Å². The molecule has 0 atom stereocenters. The molecule has 0 amide bonds. The number of Topliss-reactive ketones (excluding diaryl/α,β-unsaturated/α-hetero) is 1. The highest BCUT2D eigenvalue weighted by atomic mass is 32.1. The maximum absolute atomic E-state index is 11.4. The molecule has 0 radical (unpaired) electrons. The number of ketones is 1. The smallest absolute Gasteiger partial charge is 0.169 e. The van der Waals surface area contributed by atoms with E-state index < -0.39 is 0 Å². The van der Waals surface area contributed by atoms with Crippen molar-refractivity contribution in [2.24, 2.45) is 0 Å². The Kier molecular flexibility index (Phi) is 3.72. The zero-order valence-corrected chi connectivity index (χ0v) is 12.7. The first kappa shape index (κ1) is 13.5. The minimum Gasteiger partial charge on any atom is -0.355 e.